The van der Waals surface area contributed by atoms with Crippen LogP contribution < -0.4 is 11.5 Å². The highest BCUT2D eigenvalue weighted by Gasteiger charge is 2.08. The Morgan fingerprint density at radius 3 is 2.57 bits per heavy atom. The van der Waals surface area contributed by atoms with Gasteiger partial charge in [-0.1, -0.05) is 0 Å². The molecule has 0 atom stereocenters. The summed E-state index contributed by atoms with van der Waals surface area (Å²) in [5.74, 6) is 0.481. The van der Waals surface area contributed by atoms with Crippen LogP contribution in [-0.4, -0.2) is 28.9 Å². The Kier molecular flexibility index (Phi) is 1.94. The molecule has 1 aliphatic heterocycles. The van der Waals surface area contributed by atoms with Gasteiger partial charge in [0.25, 0.3) is 6.29 Å². The van der Waals surface area contributed by atoms with Crippen molar-refractivity contribution >= 4 is 29.8 Å². The lowest BCUT2D eigenvalue weighted by Gasteiger charge is -1.93. The maximum Gasteiger partial charge on any atom is 0.253 e. The van der Waals surface area contributed by atoms with E-state index in [1.54, 1.807) is 12.4 Å². The van der Waals surface area contributed by atoms with Crippen LogP contribution in [0.2, 0.25) is 0 Å². The number of H-pyrrole nitrogens is 1. The minimum Gasteiger partial charge on any atom is -0.382 e. The zero-order chi connectivity index (χ0) is 9.97. The van der Waals surface area contributed by atoms with Crippen molar-refractivity contribution in [3.8, 4) is 0 Å². The van der Waals surface area contributed by atoms with Gasteiger partial charge in [-0.3, -0.25) is 5.10 Å². The SMILES string of the molecule is Nc1n[nH]c(N)c1N=NC1N=CC=N1. The molecular formula is C6H8N8. The monoisotopic (exact) mass is 192 g/mol. The minimum absolute atomic E-state index is 0.206. The number of rotatable bonds is 2. The van der Waals surface area contributed by atoms with Crippen molar-refractivity contribution in [2.75, 3.05) is 11.5 Å². The molecule has 0 amide bonds. The summed E-state index contributed by atoms with van der Waals surface area (Å²) < 4.78 is 0. The van der Waals surface area contributed by atoms with Crippen molar-refractivity contribution in [3.63, 3.8) is 0 Å². The van der Waals surface area contributed by atoms with Crippen molar-refractivity contribution in [2.24, 2.45) is 20.2 Å². The zero-order valence-electron chi connectivity index (χ0n) is 7.12. The van der Waals surface area contributed by atoms with Crippen molar-refractivity contribution < 1.29 is 0 Å². The van der Waals surface area contributed by atoms with E-state index in [1.165, 1.54) is 0 Å². The van der Waals surface area contributed by atoms with Gasteiger partial charge in [0.05, 0.1) is 0 Å². The topological polar surface area (TPSA) is 130 Å². The summed E-state index contributed by atoms with van der Waals surface area (Å²) >= 11 is 0. The number of hydrogen-bond donors (Lipinski definition) is 3. The number of aliphatic imine (C=N–C) groups is 2. The maximum absolute atomic E-state index is 5.50. The molecule has 0 saturated heterocycles. The summed E-state index contributed by atoms with van der Waals surface area (Å²) in [6.07, 6.45) is 2.57. The van der Waals surface area contributed by atoms with Gasteiger partial charge in [0.1, 0.15) is 5.82 Å². The van der Waals surface area contributed by atoms with Crippen LogP contribution in [0.25, 0.3) is 0 Å². The first-order valence-corrected chi connectivity index (χ1v) is 3.82. The smallest absolute Gasteiger partial charge is 0.253 e. The third-order valence-electron chi connectivity index (χ3n) is 1.56. The van der Waals surface area contributed by atoms with E-state index in [0.717, 1.165) is 0 Å². The molecule has 0 aliphatic carbocycles. The van der Waals surface area contributed by atoms with Crippen LogP contribution in [0.3, 0.4) is 0 Å². The average molecular weight is 192 g/mol. The van der Waals surface area contributed by atoms with Gasteiger partial charge >= 0.3 is 0 Å². The van der Waals surface area contributed by atoms with Gasteiger partial charge < -0.3 is 11.5 Å². The molecule has 72 valence electrons. The van der Waals surface area contributed by atoms with Crippen molar-refractivity contribution in [1.29, 1.82) is 0 Å². The maximum atomic E-state index is 5.50. The fraction of sp³-hybridized carbons (Fsp3) is 0.167. The van der Waals surface area contributed by atoms with Crippen LogP contribution in [0.4, 0.5) is 17.3 Å². The van der Waals surface area contributed by atoms with Crippen LogP contribution in [0.1, 0.15) is 0 Å². The summed E-state index contributed by atoms with van der Waals surface area (Å²) in [4.78, 5) is 7.75. The summed E-state index contributed by atoms with van der Waals surface area (Å²) in [5.41, 5.74) is 11.3. The Balaban J connectivity index is 2.17. The van der Waals surface area contributed by atoms with Gasteiger partial charge in [-0.05, 0) is 0 Å². The standard InChI is InChI=1S/C6H8N8/c7-4-3(5(8)13-12-4)11-14-6-9-1-2-10-6/h1-2,6H,(H5,7,8,12,13). The van der Waals surface area contributed by atoms with Crippen molar-refractivity contribution in [2.45, 2.75) is 6.29 Å². The summed E-state index contributed by atoms with van der Waals surface area (Å²) in [6.45, 7) is 0. The second-order valence-electron chi connectivity index (χ2n) is 2.53. The molecule has 0 saturated carbocycles. The molecule has 1 aliphatic rings. The Morgan fingerprint density at radius 1 is 1.29 bits per heavy atom. The lowest BCUT2D eigenvalue weighted by Crippen LogP contribution is -1.90. The number of nitrogens with two attached hydrogens (primary N) is 2. The molecule has 8 heteroatoms. The van der Waals surface area contributed by atoms with E-state index < -0.39 is 6.29 Å². The van der Waals surface area contributed by atoms with Gasteiger partial charge in [0, 0.05) is 12.4 Å². The van der Waals surface area contributed by atoms with E-state index in [1.807, 2.05) is 0 Å². The number of nitrogens with one attached hydrogen (secondary N) is 1. The molecular weight excluding hydrogens is 184 g/mol. The summed E-state index contributed by atoms with van der Waals surface area (Å²) in [5, 5.41) is 13.7. The Morgan fingerprint density at radius 2 is 2.00 bits per heavy atom. The average Bonchev–Trinajstić information content (AvgIpc) is 2.76. The zero-order valence-corrected chi connectivity index (χ0v) is 7.12. The van der Waals surface area contributed by atoms with Gasteiger partial charge in [0.15, 0.2) is 11.5 Å². The van der Waals surface area contributed by atoms with Crippen LogP contribution in [0.5, 0.6) is 0 Å². The minimum atomic E-state index is -0.524. The highest BCUT2D eigenvalue weighted by Crippen LogP contribution is 2.26. The number of anilines is 2. The third kappa shape index (κ3) is 1.44. The van der Waals surface area contributed by atoms with Crippen LogP contribution in [0, 0.1) is 0 Å². The predicted octanol–water partition coefficient (Wildman–Crippen LogP) is 0.0966. The highest BCUT2D eigenvalue weighted by atomic mass is 15.3. The number of aromatic nitrogens is 2. The lowest BCUT2D eigenvalue weighted by atomic mass is 10.5. The van der Waals surface area contributed by atoms with Crippen LogP contribution in [0.15, 0.2) is 20.2 Å². The van der Waals surface area contributed by atoms with Crippen molar-refractivity contribution in [1.82, 2.24) is 10.2 Å². The molecule has 0 unspecified atom stereocenters. The molecule has 0 radical (unpaired) electrons. The molecule has 2 heterocycles. The van der Waals surface area contributed by atoms with Crippen LogP contribution >= 0.6 is 0 Å². The van der Waals surface area contributed by atoms with E-state index >= 15 is 0 Å². The molecule has 1 aromatic heterocycles. The predicted molar refractivity (Wildman–Crippen MR) is 52.7 cm³/mol. The second-order valence-corrected chi connectivity index (χ2v) is 2.53. The van der Waals surface area contributed by atoms with E-state index in [9.17, 15) is 0 Å². The first-order chi connectivity index (χ1) is 6.77. The van der Waals surface area contributed by atoms with Crippen molar-refractivity contribution in [3.05, 3.63) is 0 Å². The lowest BCUT2D eigenvalue weighted by molar-refractivity contribution is 0.731. The summed E-state index contributed by atoms with van der Waals surface area (Å²) in [6, 6.07) is 0. The molecule has 5 N–H and O–H groups in total. The van der Waals surface area contributed by atoms with E-state index in [2.05, 4.69) is 30.4 Å². The number of nitrogens with zero attached hydrogens (tertiary/aromatic N) is 5. The Labute approximate surface area is 78.8 Å². The molecule has 8 nitrogen and oxygen atoms in total. The van der Waals surface area contributed by atoms with Gasteiger partial charge in [-0.15, -0.1) is 10.2 Å². The number of azo groups is 1. The Bertz CT molecular complexity index is 382. The number of nitrogen functional groups attached to an aromatic ring is 2. The molecule has 1 aromatic rings. The fourth-order valence-corrected chi connectivity index (χ4v) is 0.908. The summed E-state index contributed by atoms with van der Waals surface area (Å²) in [7, 11) is 0. The van der Waals surface area contributed by atoms with E-state index in [0.29, 0.717) is 5.69 Å². The molecule has 0 fully saturated rings. The molecule has 2 rings (SSSR count). The largest absolute Gasteiger partial charge is 0.382 e. The normalized spacial score (nSPS) is 16.0. The van der Waals surface area contributed by atoms with E-state index in [-0.39, 0.29) is 11.6 Å². The highest BCUT2D eigenvalue weighted by molar-refractivity contribution is 6.17. The third-order valence-corrected chi connectivity index (χ3v) is 1.56. The van der Waals surface area contributed by atoms with E-state index in [4.69, 9.17) is 11.5 Å². The number of hydrogen-bond acceptors (Lipinski definition) is 7. The first kappa shape index (κ1) is 8.35. The van der Waals surface area contributed by atoms with Crippen LogP contribution in [-0.2, 0) is 0 Å². The first-order valence-electron chi connectivity index (χ1n) is 3.82. The molecule has 14 heavy (non-hydrogen) atoms. The fourth-order valence-electron chi connectivity index (χ4n) is 0.908. The van der Waals surface area contributed by atoms with Gasteiger partial charge in [0.2, 0.25) is 0 Å². The second kappa shape index (κ2) is 3.24. The molecule has 0 bridgehead atoms. The Hall–Kier alpha value is -2.25. The quantitative estimate of drug-likeness (QED) is 0.574. The molecule has 0 spiro atoms. The van der Waals surface area contributed by atoms with Gasteiger partial charge in [-0.25, -0.2) is 9.98 Å². The number of aromatic amines is 1. The van der Waals surface area contributed by atoms with Gasteiger partial charge in [-0.2, -0.15) is 5.10 Å². The molecule has 0 aromatic carbocycles.